The van der Waals surface area contributed by atoms with E-state index >= 15 is 0 Å². The van der Waals surface area contributed by atoms with Crippen molar-refractivity contribution in [1.82, 2.24) is 4.57 Å². The van der Waals surface area contributed by atoms with E-state index in [9.17, 15) is 4.79 Å². The fraction of sp³-hybridized carbons (Fsp3) is 0.250. The van der Waals surface area contributed by atoms with Crippen molar-refractivity contribution in [2.45, 2.75) is 33.2 Å². The molecule has 0 fully saturated rings. The van der Waals surface area contributed by atoms with Crippen molar-refractivity contribution in [3.63, 3.8) is 0 Å². The van der Waals surface area contributed by atoms with E-state index in [1.807, 2.05) is 37.3 Å². The van der Waals surface area contributed by atoms with Crippen LogP contribution < -0.4 is 5.32 Å². The Morgan fingerprint density at radius 1 is 1.09 bits per heavy atom. The van der Waals surface area contributed by atoms with Gasteiger partial charge in [0.15, 0.2) is 0 Å². The number of carbonyl (C=O) groups is 1. The van der Waals surface area contributed by atoms with Gasteiger partial charge in [0.05, 0.1) is 0 Å². The lowest BCUT2D eigenvalue weighted by Gasteiger charge is -2.14. The van der Waals surface area contributed by atoms with Crippen molar-refractivity contribution >= 4 is 22.5 Å². The Morgan fingerprint density at radius 2 is 1.78 bits per heavy atom. The molecule has 0 aliphatic rings. The maximum absolute atomic E-state index is 12.5. The summed E-state index contributed by atoms with van der Waals surface area (Å²) in [5.74, 6) is 0.378. The van der Waals surface area contributed by atoms with Gasteiger partial charge in [-0.1, -0.05) is 50.2 Å². The number of rotatable bonds is 4. The maximum atomic E-state index is 12.5. The fourth-order valence-corrected chi connectivity index (χ4v) is 3.01. The first-order chi connectivity index (χ1) is 11.1. The topological polar surface area (TPSA) is 34.0 Å². The van der Waals surface area contributed by atoms with Gasteiger partial charge in [-0.25, -0.2) is 0 Å². The molecule has 3 nitrogen and oxygen atoms in total. The number of amides is 1. The Labute approximate surface area is 136 Å². The summed E-state index contributed by atoms with van der Waals surface area (Å²) in [7, 11) is 0. The van der Waals surface area contributed by atoms with Crippen molar-refractivity contribution in [1.29, 1.82) is 0 Å². The first-order valence-corrected chi connectivity index (χ1v) is 8.00. The maximum Gasteiger partial charge on any atom is 0.244 e. The van der Waals surface area contributed by atoms with Crippen LogP contribution in [-0.2, 0) is 11.3 Å². The van der Waals surface area contributed by atoms with Crippen LogP contribution in [0.15, 0.2) is 54.6 Å². The highest BCUT2D eigenvalue weighted by molar-refractivity contribution is 5.93. The monoisotopic (exact) mass is 306 g/mol. The number of para-hydroxylation sites is 2. The molecule has 0 spiro atoms. The lowest BCUT2D eigenvalue weighted by Crippen LogP contribution is -2.20. The van der Waals surface area contributed by atoms with Crippen molar-refractivity contribution < 1.29 is 4.79 Å². The Kier molecular flexibility index (Phi) is 4.20. The third kappa shape index (κ3) is 3.14. The largest absolute Gasteiger partial charge is 0.335 e. The molecular formula is C20H22N2O. The SMILES string of the molecule is Cc1cc2ccccc2n1CC(=O)Nc1ccccc1C(C)C. The standard InChI is InChI=1S/C20H22N2O/c1-14(2)17-9-5-6-10-18(17)21-20(23)13-22-15(3)12-16-8-4-7-11-19(16)22/h4-12,14H,13H2,1-3H3,(H,21,23). The van der Waals surface area contributed by atoms with Crippen LogP contribution in [0.5, 0.6) is 0 Å². The molecule has 1 amide bonds. The van der Waals surface area contributed by atoms with Gasteiger partial charge in [-0.15, -0.1) is 0 Å². The van der Waals surface area contributed by atoms with Gasteiger partial charge >= 0.3 is 0 Å². The Morgan fingerprint density at radius 3 is 2.57 bits per heavy atom. The highest BCUT2D eigenvalue weighted by Gasteiger charge is 2.12. The molecule has 23 heavy (non-hydrogen) atoms. The number of nitrogens with zero attached hydrogens (tertiary/aromatic N) is 1. The normalized spacial score (nSPS) is 11.1. The van der Waals surface area contributed by atoms with Gasteiger partial charge in [0.1, 0.15) is 6.54 Å². The highest BCUT2D eigenvalue weighted by atomic mass is 16.1. The van der Waals surface area contributed by atoms with Gasteiger partial charge in [-0.3, -0.25) is 4.79 Å². The number of benzene rings is 2. The van der Waals surface area contributed by atoms with Crippen LogP contribution in [0.2, 0.25) is 0 Å². The van der Waals surface area contributed by atoms with Crippen molar-refractivity contribution in [2.75, 3.05) is 5.32 Å². The third-order valence-electron chi connectivity index (χ3n) is 4.18. The molecule has 0 unspecified atom stereocenters. The van der Waals surface area contributed by atoms with E-state index < -0.39 is 0 Å². The second-order valence-corrected chi connectivity index (χ2v) is 6.22. The Hall–Kier alpha value is -2.55. The summed E-state index contributed by atoms with van der Waals surface area (Å²) in [6, 6.07) is 18.3. The van der Waals surface area contributed by atoms with Crippen LogP contribution in [0.4, 0.5) is 5.69 Å². The molecule has 3 aromatic rings. The minimum atomic E-state index is 0.00236. The minimum Gasteiger partial charge on any atom is -0.335 e. The Bertz CT molecular complexity index is 846. The van der Waals surface area contributed by atoms with Crippen LogP contribution in [-0.4, -0.2) is 10.5 Å². The average Bonchev–Trinajstić information content (AvgIpc) is 2.83. The summed E-state index contributed by atoms with van der Waals surface area (Å²) in [6.07, 6.45) is 0. The summed E-state index contributed by atoms with van der Waals surface area (Å²) in [5, 5.41) is 4.23. The number of anilines is 1. The molecule has 1 aromatic heterocycles. The van der Waals surface area contributed by atoms with Gasteiger partial charge in [-0.2, -0.15) is 0 Å². The van der Waals surface area contributed by atoms with Crippen LogP contribution in [0.25, 0.3) is 10.9 Å². The number of fused-ring (bicyclic) bond motifs is 1. The molecule has 1 heterocycles. The zero-order chi connectivity index (χ0) is 16.4. The molecule has 0 saturated heterocycles. The predicted molar refractivity (Wildman–Crippen MR) is 95.8 cm³/mol. The van der Waals surface area contributed by atoms with Crippen LogP contribution in [0.1, 0.15) is 31.0 Å². The molecule has 0 bridgehead atoms. The first-order valence-electron chi connectivity index (χ1n) is 8.00. The van der Waals surface area contributed by atoms with E-state index in [1.54, 1.807) is 0 Å². The number of carbonyl (C=O) groups excluding carboxylic acids is 1. The van der Waals surface area contributed by atoms with Gasteiger partial charge in [0, 0.05) is 16.9 Å². The number of aromatic nitrogens is 1. The first kappa shape index (κ1) is 15.3. The summed E-state index contributed by atoms with van der Waals surface area (Å²) in [6.45, 7) is 6.63. The van der Waals surface area contributed by atoms with Crippen LogP contribution in [0.3, 0.4) is 0 Å². The van der Waals surface area contributed by atoms with E-state index in [1.165, 1.54) is 5.39 Å². The van der Waals surface area contributed by atoms with Crippen LogP contribution >= 0.6 is 0 Å². The Balaban J connectivity index is 1.84. The van der Waals surface area contributed by atoms with E-state index in [0.717, 1.165) is 22.5 Å². The zero-order valence-electron chi connectivity index (χ0n) is 13.8. The van der Waals surface area contributed by atoms with E-state index in [0.29, 0.717) is 12.5 Å². The zero-order valence-corrected chi connectivity index (χ0v) is 13.8. The van der Waals surface area contributed by atoms with Crippen LogP contribution in [0, 0.1) is 6.92 Å². The average molecular weight is 306 g/mol. The van der Waals surface area contributed by atoms with Gasteiger partial charge in [0.2, 0.25) is 5.91 Å². The second-order valence-electron chi connectivity index (χ2n) is 6.22. The number of hydrogen-bond donors (Lipinski definition) is 1. The number of hydrogen-bond acceptors (Lipinski definition) is 1. The van der Waals surface area contributed by atoms with Crippen molar-refractivity contribution in [2.24, 2.45) is 0 Å². The molecule has 2 aromatic carbocycles. The molecule has 0 saturated carbocycles. The lowest BCUT2D eigenvalue weighted by atomic mass is 10.0. The summed E-state index contributed by atoms with van der Waals surface area (Å²) in [5.41, 5.74) is 4.26. The van der Waals surface area contributed by atoms with Gasteiger partial charge in [0.25, 0.3) is 0 Å². The predicted octanol–water partition coefficient (Wildman–Crippen LogP) is 4.71. The summed E-state index contributed by atoms with van der Waals surface area (Å²) in [4.78, 5) is 12.5. The molecule has 118 valence electrons. The van der Waals surface area contributed by atoms with E-state index in [2.05, 4.69) is 48.0 Å². The molecule has 3 rings (SSSR count). The molecular weight excluding hydrogens is 284 g/mol. The third-order valence-corrected chi connectivity index (χ3v) is 4.18. The van der Waals surface area contributed by atoms with Gasteiger partial charge < -0.3 is 9.88 Å². The molecule has 3 heteroatoms. The molecule has 0 radical (unpaired) electrons. The number of nitrogens with one attached hydrogen (secondary N) is 1. The molecule has 0 aliphatic heterocycles. The fourth-order valence-electron chi connectivity index (χ4n) is 3.01. The highest BCUT2D eigenvalue weighted by Crippen LogP contribution is 2.24. The van der Waals surface area contributed by atoms with Crippen molar-refractivity contribution in [3.05, 3.63) is 65.9 Å². The second kappa shape index (κ2) is 6.29. The van der Waals surface area contributed by atoms with E-state index in [4.69, 9.17) is 0 Å². The van der Waals surface area contributed by atoms with E-state index in [-0.39, 0.29) is 5.91 Å². The lowest BCUT2D eigenvalue weighted by molar-refractivity contribution is -0.116. The molecule has 0 aliphatic carbocycles. The summed E-state index contributed by atoms with van der Waals surface area (Å²) < 4.78 is 2.06. The van der Waals surface area contributed by atoms with Crippen molar-refractivity contribution in [3.8, 4) is 0 Å². The van der Waals surface area contributed by atoms with Gasteiger partial charge in [-0.05, 0) is 42.0 Å². The molecule has 1 N–H and O–H groups in total. The number of aryl methyl sites for hydroxylation is 1. The summed E-state index contributed by atoms with van der Waals surface area (Å²) >= 11 is 0. The minimum absolute atomic E-state index is 0.00236. The quantitative estimate of drug-likeness (QED) is 0.744. The smallest absolute Gasteiger partial charge is 0.244 e. The molecule has 0 atom stereocenters.